The highest BCUT2D eigenvalue weighted by atomic mass is 32.1. The van der Waals surface area contributed by atoms with Crippen LogP contribution < -0.4 is 10.6 Å². The summed E-state index contributed by atoms with van der Waals surface area (Å²) in [6.45, 7) is 1.34. The van der Waals surface area contributed by atoms with Gasteiger partial charge in [0.1, 0.15) is 4.88 Å². The zero-order chi connectivity index (χ0) is 19.2. The summed E-state index contributed by atoms with van der Waals surface area (Å²) < 4.78 is 5.00. The molecule has 0 radical (unpaired) electrons. The fourth-order valence-electron chi connectivity index (χ4n) is 2.97. The molecule has 1 fully saturated rings. The number of hydrogen-bond donors (Lipinski definition) is 2. The van der Waals surface area contributed by atoms with Gasteiger partial charge >= 0.3 is 5.97 Å². The van der Waals surface area contributed by atoms with Crippen LogP contribution in [0.4, 0.5) is 5.69 Å². The Bertz CT molecular complexity index is 843. The highest BCUT2D eigenvalue weighted by Gasteiger charge is 2.20. The number of aromatic nitrogens is 1. The second-order valence-electron chi connectivity index (χ2n) is 6.37. The maximum absolute atomic E-state index is 12.5. The summed E-state index contributed by atoms with van der Waals surface area (Å²) in [5, 5.41) is 6.38. The largest absolute Gasteiger partial charge is 0.451 e. The number of amides is 2. The van der Waals surface area contributed by atoms with Gasteiger partial charge in [0.25, 0.3) is 11.8 Å². The third kappa shape index (κ3) is 5.13. The van der Waals surface area contributed by atoms with Crippen molar-refractivity contribution >= 4 is 34.8 Å². The van der Waals surface area contributed by atoms with Crippen LogP contribution in [0, 0.1) is 6.92 Å². The van der Waals surface area contributed by atoms with Gasteiger partial charge in [-0.05, 0) is 31.9 Å². The number of rotatable bonds is 6. The summed E-state index contributed by atoms with van der Waals surface area (Å²) >= 11 is 1.20. The fourth-order valence-corrected chi connectivity index (χ4v) is 3.64. The Morgan fingerprint density at radius 3 is 2.67 bits per heavy atom. The number of carbonyl (C=O) groups excluding carboxylic acids is 3. The number of nitrogens with one attached hydrogen (secondary N) is 2. The minimum atomic E-state index is -0.594. The van der Waals surface area contributed by atoms with Gasteiger partial charge in [-0.15, -0.1) is 11.3 Å². The van der Waals surface area contributed by atoms with E-state index in [4.69, 9.17) is 4.74 Å². The fraction of sp³-hybridized carbons (Fsp3) is 0.368. The third-order valence-corrected chi connectivity index (χ3v) is 5.19. The van der Waals surface area contributed by atoms with Gasteiger partial charge in [0.15, 0.2) is 6.61 Å². The Kier molecular flexibility index (Phi) is 6.18. The molecule has 7 nitrogen and oxygen atoms in total. The van der Waals surface area contributed by atoms with Crippen molar-refractivity contribution in [3.8, 4) is 0 Å². The number of esters is 1. The molecular weight excluding hydrogens is 366 g/mol. The van der Waals surface area contributed by atoms with Gasteiger partial charge in [-0.1, -0.05) is 25.0 Å². The van der Waals surface area contributed by atoms with Crippen LogP contribution in [0.1, 0.15) is 50.7 Å². The van der Waals surface area contributed by atoms with E-state index in [-0.39, 0.29) is 11.9 Å². The molecule has 27 heavy (non-hydrogen) atoms. The molecule has 2 N–H and O–H groups in total. The lowest BCUT2D eigenvalue weighted by molar-refractivity contribution is -0.119. The molecule has 0 spiro atoms. The minimum Gasteiger partial charge on any atom is -0.451 e. The third-order valence-electron chi connectivity index (χ3n) is 4.29. The van der Waals surface area contributed by atoms with E-state index < -0.39 is 18.5 Å². The molecule has 1 aromatic heterocycles. The normalized spacial score (nSPS) is 14.0. The highest BCUT2D eigenvalue weighted by Crippen LogP contribution is 2.20. The SMILES string of the molecule is Cc1ncc(C(=O)OCC(=O)Nc2ccccc2C(=O)NC2CCCC2)s1. The molecule has 1 heterocycles. The van der Waals surface area contributed by atoms with Crippen molar-refractivity contribution in [3.05, 3.63) is 45.9 Å². The van der Waals surface area contributed by atoms with E-state index in [0.717, 1.165) is 30.7 Å². The Balaban J connectivity index is 1.57. The van der Waals surface area contributed by atoms with Gasteiger partial charge in [-0.3, -0.25) is 9.59 Å². The smallest absolute Gasteiger partial charge is 0.350 e. The second-order valence-corrected chi connectivity index (χ2v) is 7.60. The lowest BCUT2D eigenvalue weighted by Crippen LogP contribution is -2.33. The van der Waals surface area contributed by atoms with E-state index in [2.05, 4.69) is 15.6 Å². The van der Waals surface area contributed by atoms with Crippen LogP contribution >= 0.6 is 11.3 Å². The topological polar surface area (TPSA) is 97.4 Å². The molecule has 0 atom stereocenters. The van der Waals surface area contributed by atoms with Crippen LogP contribution in [0.2, 0.25) is 0 Å². The molecule has 1 saturated carbocycles. The number of carbonyl (C=O) groups is 3. The van der Waals surface area contributed by atoms with Crippen molar-refractivity contribution in [3.63, 3.8) is 0 Å². The van der Waals surface area contributed by atoms with Crippen molar-refractivity contribution in [1.82, 2.24) is 10.3 Å². The molecule has 0 saturated heterocycles. The van der Waals surface area contributed by atoms with E-state index in [1.807, 2.05) is 0 Å². The predicted molar refractivity (Wildman–Crippen MR) is 102 cm³/mol. The Hall–Kier alpha value is -2.74. The average molecular weight is 387 g/mol. The lowest BCUT2D eigenvalue weighted by atomic mass is 10.1. The second kappa shape index (κ2) is 8.77. The summed E-state index contributed by atoms with van der Waals surface area (Å²) in [4.78, 5) is 40.9. The van der Waals surface area contributed by atoms with Crippen molar-refractivity contribution in [2.24, 2.45) is 0 Å². The Labute approximate surface area is 161 Å². The maximum Gasteiger partial charge on any atom is 0.350 e. The molecule has 1 aromatic carbocycles. The molecule has 2 aromatic rings. The number of hydrogen-bond acceptors (Lipinski definition) is 6. The number of para-hydroxylation sites is 1. The summed E-state index contributed by atoms with van der Waals surface area (Å²) in [6.07, 6.45) is 5.62. The molecular formula is C19H21N3O4S. The van der Waals surface area contributed by atoms with Crippen LogP contribution in [0.3, 0.4) is 0 Å². The Morgan fingerprint density at radius 2 is 1.96 bits per heavy atom. The molecule has 8 heteroatoms. The molecule has 0 unspecified atom stereocenters. The van der Waals surface area contributed by atoms with Crippen LogP contribution in [-0.2, 0) is 9.53 Å². The lowest BCUT2D eigenvalue weighted by Gasteiger charge is -2.15. The number of nitrogens with zero attached hydrogens (tertiary/aromatic N) is 1. The quantitative estimate of drug-likeness (QED) is 0.743. The Morgan fingerprint density at radius 1 is 1.22 bits per heavy atom. The first-order valence-corrected chi connectivity index (χ1v) is 9.64. The molecule has 142 valence electrons. The van der Waals surface area contributed by atoms with Gasteiger partial charge in [0, 0.05) is 6.04 Å². The number of ether oxygens (including phenoxy) is 1. The van der Waals surface area contributed by atoms with Crippen LogP contribution in [0.5, 0.6) is 0 Å². The molecule has 1 aliphatic rings. The highest BCUT2D eigenvalue weighted by molar-refractivity contribution is 7.13. The monoisotopic (exact) mass is 387 g/mol. The predicted octanol–water partition coefficient (Wildman–Crippen LogP) is 2.92. The van der Waals surface area contributed by atoms with Gasteiger partial charge in [0.05, 0.1) is 22.5 Å². The summed E-state index contributed by atoms with van der Waals surface area (Å²) in [6, 6.07) is 6.96. The molecule has 3 rings (SSSR count). The summed E-state index contributed by atoms with van der Waals surface area (Å²) in [7, 11) is 0. The first-order valence-electron chi connectivity index (χ1n) is 8.82. The summed E-state index contributed by atoms with van der Waals surface area (Å²) in [5.41, 5.74) is 0.782. The molecule has 0 bridgehead atoms. The zero-order valence-electron chi connectivity index (χ0n) is 15.0. The van der Waals surface area contributed by atoms with Crippen LogP contribution in [0.25, 0.3) is 0 Å². The maximum atomic E-state index is 12.5. The van der Waals surface area contributed by atoms with E-state index in [1.54, 1.807) is 31.2 Å². The first kappa shape index (κ1) is 19.0. The van der Waals surface area contributed by atoms with Gasteiger partial charge in [-0.2, -0.15) is 0 Å². The zero-order valence-corrected chi connectivity index (χ0v) is 15.8. The molecule has 0 aliphatic heterocycles. The van der Waals surface area contributed by atoms with Crippen molar-refractivity contribution < 1.29 is 19.1 Å². The number of benzene rings is 1. The van der Waals surface area contributed by atoms with E-state index in [0.29, 0.717) is 16.1 Å². The van der Waals surface area contributed by atoms with Gasteiger partial charge in [0.2, 0.25) is 0 Å². The van der Waals surface area contributed by atoms with Gasteiger partial charge in [-0.25, -0.2) is 9.78 Å². The minimum absolute atomic E-state index is 0.185. The first-order chi connectivity index (χ1) is 13.0. The van der Waals surface area contributed by atoms with Crippen molar-refractivity contribution in [1.29, 1.82) is 0 Å². The number of thiazole rings is 1. The average Bonchev–Trinajstić information content (AvgIpc) is 3.32. The van der Waals surface area contributed by atoms with Gasteiger partial charge < -0.3 is 15.4 Å². The van der Waals surface area contributed by atoms with Crippen molar-refractivity contribution in [2.45, 2.75) is 38.6 Å². The number of aryl methyl sites for hydroxylation is 1. The molecule has 2 amide bonds. The standard InChI is InChI=1S/C19H21N3O4S/c1-12-20-10-16(27-12)19(25)26-11-17(23)22-15-9-5-4-8-14(15)18(24)21-13-6-2-3-7-13/h4-5,8-10,13H,2-3,6-7,11H2,1H3,(H,21,24)(H,22,23). The van der Waals surface area contributed by atoms with E-state index >= 15 is 0 Å². The van der Waals surface area contributed by atoms with Crippen LogP contribution in [0.15, 0.2) is 30.5 Å². The molecule has 1 aliphatic carbocycles. The van der Waals surface area contributed by atoms with E-state index in [9.17, 15) is 14.4 Å². The summed E-state index contributed by atoms with van der Waals surface area (Å²) in [5.74, 6) is -1.32. The van der Waals surface area contributed by atoms with Crippen LogP contribution in [-0.4, -0.2) is 35.4 Å². The number of anilines is 1. The van der Waals surface area contributed by atoms with Crippen molar-refractivity contribution in [2.75, 3.05) is 11.9 Å². The van der Waals surface area contributed by atoms with E-state index in [1.165, 1.54) is 17.5 Å².